The van der Waals surface area contributed by atoms with Crippen molar-refractivity contribution in [2.24, 2.45) is 7.05 Å². The SMILES string of the molecule is CCOC(=O)c1sc2nc(C)nc(Sc3nnc(-c4ccoc4C)n3C)c2c1C. The first-order valence-electron chi connectivity index (χ1n) is 8.97. The summed E-state index contributed by atoms with van der Waals surface area (Å²) in [6.45, 7) is 7.73. The Morgan fingerprint density at radius 2 is 2.07 bits per heavy atom. The van der Waals surface area contributed by atoms with E-state index in [0.29, 0.717) is 22.5 Å². The number of hydrogen-bond acceptors (Lipinski definition) is 9. The second-order valence-electron chi connectivity index (χ2n) is 6.39. The molecular weight excluding hydrogens is 410 g/mol. The normalized spacial score (nSPS) is 11.3. The van der Waals surface area contributed by atoms with Crippen molar-refractivity contribution in [3.05, 3.63) is 34.4 Å². The van der Waals surface area contributed by atoms with Gasteiger partial charge in [-0.2, -0.15) is 0 Å². The van der Waals surface area contributed by atoms with Gasteiger partial charge in [0, 0.05) is 12.4 Å². The van der Waals surface area contributed by atoms with E-state index in [1.165, 1.54) is 23.1 Å². The number of thiophene rings is 1. The summed E-state index contributed by atoms with van der Waals surface area (Å²) in [7, 11) is 1.90. The Labute approximate surface area is 175 Å². The molecule has 0 aliphatic rings. The van der Waals surface area contributed by atoms with Gasteiger partial charge in [-0.3, -0.25) is 0 Å². The highest BCUT2D eigenvalue weighted by atomic mass is 32.2. The van der Waals surface area contributed by atoms with E-state index in [1.807, 2.05) is 38.5 Å². The zero-order valence-electron chi connectivity index (χ0n) is 16.6. The van der Waals surface area contributed by atoms with Crippen LogP contribution in [0.15, 0.2) is 26.9 Å². The molecule has 0 saturated heterocycles. The molecular formula is C19H19N5O3S2. The van der Waals surface area contributed by atoms with Gasteiger partial charge in [0.25, 0.3) is 0 Å². The van der Waals surface area contributed by atoms with Gasteiger partial charge < -0.3 is 13.7 Å². The third-order valence-electron chi connectivity index (χ3n) is 4.45. The first-order valence-corrected chi connectivity index (χ1v) is 10.6. The summed E-state index contributed by atoms with van der Waals surface area (Å²) in [6.07, 6.45) is 1.63. The predicted molar refractivity (Wildman–Crippen MR) is 110 cm³/mol. The number of carbonyl (C=O) groups is 1. The molecule has 8 nitrogen and oxygen atoms in total. The number of nitrogens with zero attached hydrogens (tertiary/aromatic N) is 5. The van der Waals surface area contributed by atoms with E-state index in [0.717, 1.165) is 38.0 Å². The lowest BCUT2D eigenvalue weighted by molar-refractivity contribution is 0.0531. The third-order valence-corrected chi connectivity index (χ3v) is 6.64. The first-order chi connectivity index (χ1) is 13.9. The van der Waals surface area contributed by atoms with Gasteiger partial charge in [-0.15, -0.1) is 21.5 Å². The van der Waals surface area contributed by atoms with Crippen LogP contribution in [-0.4, -0.2) is 37.3 Å². The molecule has 0 bridgehead atoms. The van der Waals surface area contributed by atoms with Gasteiger partial charge in [-0.25, -0.2) is 14.8 Å². The number of fused-ring (bicyclic) bond motifs is 1. The van der Waals surface area contributed by atoms with E-state index >= 15 is 0 Å². The Balaban J connectivity index is 1.78. The molecule has 0 aliphatic heterocycles. The molecule has 0 amide bonds. The Morgan fingerprint density at radius 3 is 2.76 bits per heavy atom. The van der Waals surface area contributed by atoms with Crippen LogP contribution < -0.4 is 0 Å². The smallest absolute Gasteiger partial charge is 0.348 e. The summed E-state index contributed by atoms with van der Waals surface area (Å²) in [4.78, 5) is 22.7. The quantitative estimate of drug-likeness (QED) is 0.342. The fourth-order valence-corrected chi connectivity index (χ4v) is 5.20. The highest BCUT2D eigenvalue weighted by Crippen LogP contribution is 2.38. The van der Waals surface area contributed by atoms with Gasteiger partial charge in [0.15, 0.2) is 11.0 Å². The highest BCUT2D eigenvalue weighted by Gasteiger charge is 2.23. The van der Waals surface area contributed by atoms with Crippen molar-refractivity contribution in [3.8, 4) is 11.4 Å². The van der Waals surface area contributed by atoms with Crippen LogP contribution >= 0.6 is 23.1 Å². The average Bonchev–Trinajstić information content (AvgIpc) is 3.34. The molecule has 4 aromatic heterocycles. The first kappa shape index (κ1) is 19.6. The maximum absolute atomic E-state index is 12.3. The summed E-state index contributed by atoms with van der Waals surface area (Å²) in [5.41, 5.74) is 1.71. The minimum absolute atomic E-state index is 0.327. The molecule has 4 rings (SSSR count). The number of rotatable bonds is 5. The van der Waals surface area contributed by atoms with Crippen LogP contribution in [0.3, 0.4) is 0 Å². The lowest BCUT2D eigenvalue weighted by atomic mass is 10.2. The maximum Gasteiger partial charge on any atom is 0.348 e. The number of aryl methyl sites for hydroxylation is 3. The Hall–Kier alpha value is -2.72. The minimum Gasteiger partial charge on any atom is -0.469 e. The van der Waals surface area contributed by atoms with Crippen molar-refractivity contribution >= 4 is 39.3 Å². The van der Waals surface area contributed by atoms with Gasteiger partial charge in [0.2, 0.25) is 0 Å². The molecule has 0 radical (unpaired) electrons. The zero-order valence-corrected chi connectivity index (χ0v) is 18.3. The fourth-order valence-electron chi connectivity index (χ4n) is 3.01. The van der Waals surface area contributed by atoms with Crippen LogP contribution in [0.2, 0.25) is 0 Å². The van der Waals surface area contributed by atoms with E-state index in [9.17, 15) is 4.79 Å². The van der Waals surface area contributed by atoms with Crippen molar-refractivity contribution in [2.45, 2.75) is 37.9 Å². The van der Waals surface area contributed by atoms with Gasteiger partial charge in [-0.05, 0) is 51.1 Å². The zero-order chi connectivity index (χ0) is 20.7. The number of esters is 1. The van der Waals surface area contributed by atoms with Crippen molar-refractivity contribution in [1.29, 1.82) is 0 Å². The van der Waals surface area contributed by atoms with Crippen LogP contribution in [0.25, 0.3) is 21.6 Å². The minimum atomic E-state index is -0.335. The van der Waals surface area contributed by atoms with E-state index in [1.54, 1.807) is 13.2 Å². The number of aromatic nitrogens is 5. The van der Waals surface area contributed by atoms with Crippen LogP contribution in [0.4, 0.5) is 0 Å². The monoisotopic (exact) mass is 429 g/mol. The molecule has 0 N–H and O–H groups in total. The van der Waals surface area contributed by atoms with Crippen LogP contribution in [0, 0.1) is 20.8 Å². The van der Waals surface area contributed by atoms with Crippen molar-refractivity contribution in [3.63, 3.8) is 0 Å². The van der Waals surface area contributed by atoms with Crippen molar-refractivity contribution < 1.29 is 13.9 Å². The van der Waals surface area contributed by atoms with Gasteiger partial charge in [0.05, 0.1) is 18.4 Å². The van der Waals surface area contributed by atoms with E-state index in [4.69, 9.17) is 9.15 Å². The van der Waals surface area contributed by atoms with Gasteiger partial charge in [-0.1, -0.05) is 0 Å². The topological polar surface area (TPSA) is 95.9 Å². The largest absolute Gasteiger partial charge is 0.469 e. The summed E-state index contributed by atoms with van der Waals surface area (Å²) < 4.78 is 12.5. The molecule has 0 unspecified atom stereocenters. The predicted octanol–water partition coefficient (Wildman–Crippen LogP) is 4.33. The van der Waals surface area contributed by atoms with Crippen molar-refractivity contribution in [2.75, 3.05) is 6.61 Å². The van der Waals surface area contributed by atoms with Gasteiger partial charge >= 0.3 is 5.97 Å². The van der Waals surface area contributed by atoms with Crippen molar-refractivity contribution in [1.82, 2.24) is 24.7 Å². The summed E-state index contributed by atoms with van der Waals surface area (Å²) in [6, 6.07) is 1.87. The number of ether oxygens (including phenoxy) is 1. The van der Waals surface area contributed by atoms with Crippen LogP contribution in [-0.2, 0) is 11.8 Å². The molecule has 0 saturated carbocycles. The molecule has 0 aromatic carbocycles. The molecule has 0 fully saturated rings. The summed E-state index contributed by atoms with van der Waals surface area (Å²) >= 11 is 2.72. The second-order valence-corrected chi connectivity index (χ2v) is 8.35. The Morgan fingerprint density at radius 1 is 1.28 bits per heavy atom. The Bertz CT molecular complexity index is 1220. The summed E-state index contributed by atoms with van der Waals surface area (Å²) in [5.74, 6) is 1.79. The molecule has 4 aromatic rings. The second kappa shape index (κ2) is 7.60. The standard InChI is InChI=1S/C19H19N5O3S2/c1-6-26-18(25)14-9(2)13-16(28-14)20-11(4)21-17(13)29-19-23-22-15(24(19)5)12-7-8-27-10(12)3/h7-8H,6H2,1-5H3. The van der Waals surface area contributed by atoms with E-state index in [-0.39, 0.29) is 5.97 Å². The van der Waals surface area contributed by atoms with Crippen LogP contribution in [0.1, 0.15) is 33.7 Å². The highest BCUT2D eigenvalue weighted by molar-refractivity contribution is 7.99. The third kappa shape index (κ3) is 3.42. The van der Waals surface area contributed by atoms with E-state index in [2.05, 4.69) is 20.2 Å². The number of carbonyl (C=O) groups excluding carboxylic acids is 1. The fraction of sp³-hybridized carbons (Fsp3) is 0.316. The molecule has 0 atom stereocenters. The van der Waals surface area contributed by atoms with E-state index < -0.39 is 0 Å². The molecule has 10 heteroatoms. The maximum atomic E-state index is 12.3. The summed E-state index contributed by atoms with van der Waals surface area (Å²) in [5, 5.41) is 10.9. The molecule has 150 valence electrons. The molecule has 0 aliphatic carbocycles. The lowest BCUT2D eigenvalue weighted by Crippen LogP contribution is -2.03. The number of furan rings is 1. The number of hydrogen-bond donors (Lipinski definition) is 0. The van der Waals surface area contributed by atoms with Gasteiger partial charge in [0.1, 0.15) is 26.3 Å². The molecule has 29 heavy (non-hydrogen) atoms. The molecule has 0 spiro atoms. The average molecular weight is 430 g/mol. The van der Waals surface area contributed by atoms with Crippen LogP contribution in [0.5, 0.6) is 0 Å². The molecule has 4 heterocycles. The Kier molecular flexibility index (Phi) is 5.13. The lowest BCUT2D eigenvalue weighted by Gasteiger charge is -2.06.